The number of unbranched alkanes of at least 4 members (excludes halogenated alkanes) is 1. The lowest BCUT2D eigenvalue weighted by Crippen LogP contribution is -2.22. The van der Waals surface area contributed by atoms with Gasteiger partial charge in [0.2, 0.25) is 5.95 Å². The van der Waals surface area contributed by atoms with Gasteiger partial charge in [0.05, 0.1) is 0 Å². The van der Waals surface area contributed by atoms with Gasteiger partial charge < -0.3 is 16.2 Å². The predicted molar refractivity (Wildman–Crippen MR) is 63.0 cm³/mol. The molecule has 17 heavy (non-hydrogen) atoms. The number of carbonyl (C=O) groups is 1. The average molecular weight is 240 g/mol. The van der Waals surface area contributed by atoms with Crippen LogP contribution in [0.4, 0.5) is 10.7 Å². The number of aromatic amines is 1. The Balaban J connectivity index is 2.47. The molecule has 0 unspecified atom stereocenters. The number of nitrogens with zero attached hydrogens (tertiary/aromatic N) is 1. The second-order valence-electron chi connectivity index (χ2n) is 3.70. The maximum atomic E-state index is 11.5. The van der Waals surface area contributed by atoms with E-state index in [0.717, 1.165) is 6.42 Å². The molecular weight excluding hydrogens is 224 g/mol. The topological polar surface area (TPSA) is 121 Å². The number of nitrogens with one attached hydrogen (secondary N) is 2. The Labute approximate surface area is 98.1 Å². The third kappa shape index (κ3) is 4.13. The number of rotatable bonds is 5. The normalized spacial score (nSPS) is 10.2. The number of anilines is 1. The predicted octanol–water partition coefficient (Wildman–Crippen LogP) is 0.251. The number of nitrogens with two attached hydrogens (primary N) is 1. The van der Waals surface area contributed by atoms with Crippen molar-refractivity contribution in [3.05, 3.63) is 21.6 Å². The summed E-state index contributed by atoms with van der Waals surface area (Å²) in [5.74, 6) is 0.115. The monoisotopic (exact) mass is 240 g/mol. The highest BCUT2D eigenvalue weighted by atomic mass is 16.4. The average Bonchev–Trinajstić information content (AvgIpc) is 2.20. The summed E-state index contributed by atoms with van der Waals surface area (Å²) in [7, 11) is 0. The number of amides is 1. The van der Waals surface area contributed by atoms with E-state index in [1.54, 1.807) is 6.92 Å². The third-order valence-electron chi connectivity index (χ3n) is 2.37. The van der Waals surface area contributed by atoms with Crippen LogP contribution in [-0.4, -0.2) is 27.7 Å². The SMILES string of the molecule is Cc1nc(N)[nH]c(=O)c1CCCCNC(=O)O. The Kier molecular flexibility index (Phi) is 4.50. The van der Waals surface area contributed by atoms with Crippen molar-refractivity contribution in [1.82, 2.24) is 15.3 Å². The van der Waals surface area contributed by atoms with Crippen LogP contribution in [0.15, 0.2) is 4.79 Å². The minimum Gasteiger partial charge on any atom is -0.465 e. The molecule has 0 bridgehead atoms. The van der Waals surface area contributed by atoms with Gasteiger partial charge in [-0.3, -0.25) is 9.78 Å². The van der Waals surface area contributed by atoms with Crippen LogP contribution in [0.5, 0.6) is 0 Å². The largest absolute Gasteiger partial charge is 0.465 e. The van der Waals surface area contributed by atoms with E-state index in [4.69, 9.17) is 10.8 Å². The lowest BCUT2D eigenvalue weighted by Gasteiger charge is -2.05. The molecule has 0 spiro atoms. The number of hydrogen-bond donors (Lipinski definition) is 4. The van der Waals surface area contributed by atoms with Crippen LogP contribution in [-0.2, 0) is 6.42 Å². The highest BCUT2D eigenvalue weighted by Crippen LogP contribution is 2.04. The molecule has 7 heteroatoms. The van der Waals surface area contributed by atoms with Gasteiger partial charge in [-0.25, -0.2) is 9.78 Å². The standard InChI is InChI=1S/C10H16N4O3/c1-6-7(8(15)14-9(11)13-6)4-2-3-5-12-10(16)17/h12H,2-5H2,1H3,(H,16,17)(H3,11,13,14,15). The van der Waals surface area contributed by atoms with Crippen molar-refractivity contribution in [1.29, 1.82) is 0 Å². The molecule has 0 aliphatic carbocycles. The molecule has 1 rings (SSSR count). The first-order valence-corrected chi connectivity index (χ1v) is 5.32. The summed E-state index contributed by atoms with van der Waals surface area (Å²) >= 11 is 0. The van der Waals surface area contributed by atoms with Crippen LogP contribution in [0.3, 0.4) is 0 Å². The van der Waals surface area contributed by atoms with Crippen molar-refractivity contribution in [2.45, 2.75) is 26.2 Å². The Bertz CT molecular complexity index is 455. The summed E-state index contributed by atoms with van der Waals surface area (Å²) in [4.78, 5) is 28.1. The van der Waals surface area contributed by atoms with Gasteiger partial charge >= 0.3 is 6.09 Å². The van der Waals surface area contributed by atoms with E-state index in [0.29, 0.717) is 30.6 Å². The molecule has 0 aromatic carbocycles. The van der Waals surface area contributed by atoms with Crippen molar-refractivity contribution < 1.29 is 9.90 Å². The van der Waals surface area contributed by atoms with Gasteiger partial charge in [0.1, 0.15) is 0 Å². The lowest BCUT2D eigenvalue weighted by molar-refractivity contribution is 0.194. The zero-order chi connectivity index (χ0) is 12.8. The fourth-order valence-corrected chi connectivity index (χ4v) is 1.55. The van der Waals surface area contributed by atoms with Crippen molar-refractivity contribution in [2.75, 3.05) is 12.3 Å². The molecule has 7 nitrogen and oxygen atoms in total. The Hall–Kier alpha value is -2.05. The molecule has 0 aliphatic heterocycles. The van der Waals surface area contributed by atoms with Crippen LogP contribution in [0, 0.1) is 6.92 Å². The molecule has 1 aromatic heterocycles. The molecule has 0 fully saturated rings. The number of aromatic nitrogens is 2. The fourth-order valence-electron chi connectivity index (χ4n) is 1.55. The maximum Gasteiger partial charge on any atom is 0.404 e. The fraction of sp³-hybridized carbons (Fsp3) is 0.500. The van der Waals surface area contributed by atoms with Crippen LogP contribution >= 0.6 is 0 Å². The molecule has 0 atom stereocenters. The van der Waals surface area contributed by atoms with Crippen LogP contribution < -0.4 is 16.6 Å². The molecular formula is C10H16N4O3. The van der Waals surface area contributed by atoms with Crippen molar-refractivity contribution in [2.24, 2.45) is 0 Å². The quantitative estimate of drug-likeness (QED) is 0.550. The van der Waals surface area contributed by atoms with Gasteiger partial charge in [-0.15, -0.1) is 0 Å². The van der Waals surface area contributed by atoms with Crippen LogP contribution in [0.1, 0.15) is 24.1 Å². The minimum atomic E-state index is -1.03. The smallest absolute Gasteiger partial charge is 0.404 e. The lowest BCUT2D eigenvalue weighted by atomic mass is 10.1. The Morgan fingerprint density at radius 3 is 2.82 bits per heavy atom. The molecule has 0 saturated heterocycles. The van der Waals surface area contributed by atoms with E-state index < -0.39 is 6.09 Å². The van der Waals surface area contributed by atoms with E-state index in [9.17, 15) is 9.59 Å². The van der Waals surface area contributed by atoms with E-state index in [2.05, 4.69) is 15.3 Å². The first-order valence-electron chi connectivity index (χ1n) is 5.32. The van der Waals surface area contributed by atoms with Gasteiger partial charge in [0, 0.05) is 17.8 Å². The van der Waals surface area contributed by atoms with Crippen molar-refractivity contribution in [3.8, 4) is 0 Å². The molecule has 1 heterocycles. The molecule has 0 saturated carbocycles. The number of H-pyrrole nitrogens is 1. The Morgan fingerprint density at radius 1 is 1.53 bits per heavy atom. The molecule has 5 N–H and O–H groups in total. The number of carboxylic acid groups (broad SMARTS) is 1. The summed E-state index contributed by atoms with van der Waals surface area (Å²) in [6, 6.07) is 0. The molecule has 1 amide bonds. The van der Waals surface area contributed by atoms with E-state index >= 15 is 0 Å². The molecule has 0 aliphatic rings. The Morgan fingerprint density at radius 2 is 2.24 bits per heavy atom. The second-order valence-corrected chi connectivity index (χ2v) is 3.70. The van der Waals surface area contributed by atoms with Gasteiger partial charge in [-0.1, -0.05) is 0 Å². The zero-order valence-corrected chi connectivity index (χ0v) is 9.62. The minimum absolute atomic E-state index is 0.115. The van der Waals surface area contributed by atoms with Gasteiger partial charge in [0.25, 0.3) is 5.56 Å². The van der Waals surface area contributed by atoms with Gasteiger partial charge in [-0.2, -0.15) is 0 Å². The zero-order valence-electron chi connectivity index (χ0n) is 9.62. The third-order valence-corrected chi connectivity index (χ3v) is 2.37. The van der Waals surface area contributed by atoms with Gasteiger partial charge in [0.15, 0.2) is 0 Å². The first kappa shape index (κ1) is 13.0. The van der Waals surface area contributed by atoms with E-state index in [1.165, 1.54) is 0 Å². The van der Waals surface area contributed by atoms with Gasteiger partial charge in [-0.05, 0) is 26.2 Å². The van der Waals surface area contributed by atoms with Crippen LogP contribution in [0.25, 0.3) is 0 Å². The summed E-state index contributed by atoms with van der Waals surface area (Å²) in [5.41, 5.74) is 6.40. The molecule has 1 aromatic rings. The maximum absolute atomic E-state index is 11.5. The summed E-state index contributed by atoms with van der Waals surface area (Å²) in [6.45, 7) is 2.12. The highest BCUT2D eigenvalue weighted by Gasteiger charge is 2.06. The number of nitrogen functional groups attached to an aromatic ring is 1. The summed E-state index contributed by atoms with van der Waals surface area (Å²) < 4.78 is 0. The van der Waals surface area contributed by atoms with E-state index in [1.807, 2.05) is 0 Å². The molecule has 94 valence electrons. The molecule has 0 radical (unpaired) electrons. The summed E-state index contributed by atoms with van der Waals surface area (Å²) in [5, 5.41) is 10.6. The first-order chi connectivity index (χ1) is 8.00. The highest BCUT2D eigenvalue weighted by molar-refractivity contribution is 5.64. The number of hydrogen-bond acceptors (Lipinski definition) is 4. The van der Waals surface area contributed by atoms with Crippen molar-refractivity contribution in [3.63, 3.8) is 0 Å². The summed E-state index contributed by atoms with van der Waals surface area (Å²) in [6.07, 6.45) is 0.925. The second kappa shape index (κ2) is 5.88. The van der Waals surface area contributed by atoms with E-state index in [-0.39, 0.29) is 11.5 Å². The van der Waals surface area contributed by atoms with Crippen molar-refractivity contribution >= 4 is 12.0 Å². The number of aryl methyl sites for hydroxylation is 1. The van der Waals surface area contributed by atoms with Crippen LogP contribution in [0.2, 0.25) is 0 Å².